The summed E-state index contributed by atoms with van der Waals surface area (Å²) in [6.07, 6.45) is 6.82. The number of aliphatic imine (C=N–C) groups is 1. The van der Waals surface area contributed by atoms with E-state index in [1.807, 2.05) is 13.0 Å². The highest BCUT2D eigenvalue weighted by molar-refractivity contribution is 5.79. The highest BCUT2D eigenvalue weighted by Crippen LogP contribution is 2.40. The van der Waals surface area contributed by atoms with Crippen molar-refractivity contribution in [2.45, 2.75) is 26.2 Å². The van der Waals surface area contributed by atoms with E-state index in [0.717, 1.165) is 42.9 Å². The van der Waals surface area contributed by atoms with E-state index < -0.39 is 0 Å². The third-order valence-electron chi connectivity index (χ3n) is 4.15. The zero-order valence-corrected chi connectivity index (χ0v) is 12.3. The fourth-order valence-electron chi connectivity index (χ4n) is 3.09. The fourth-order valence-corrected chi connectivity index (χ4v) is 3.09. The van der Waals surface area contributed by atoms with E-state index >= 15 is 0 Å². The van der Waals surface area contributed by atoms with Crippen molar-refractivity contribution >= 4 is 6.21 Å². The van der Waals surface area contributed by atoms with Crippen LogP contribution in [0.15, 0.2) is 28.8 Å². The van der Waals surface area contributed by atoms with Gasteiger partial charge in [-0.05, 0) is 43.4 Å². The van der Waals surface area contributed by atoms with Crippen molar-refractivity contribution in [3.63, 3.8) is 0 Å². The van der Waals surface area contributed by atoms with E-state index in [1.54, 1.807) is 6.21 Å². The quantitative estimate of drug-likeness (QED) is 0.869. The number of benzene rings is 1. The molecule has 0 amide bonds. The molecule has 2 aliphatic rings. The summed E-state index contributed by atoms with van der Waals surface area (Å²) in [5.41, 5.74) is 3.58. The summed E-state index contributed by atoms with van der Waals surface area (Å²) in [6.45, 7) is 3.27. The smallest absolute Gasteiger partial charge is 0.134 e. The van der Waals surface area contributed by atoms with Gasteiger partial charge < -0.3 is 14.6 Å². The van der Waals surface area contributed by atoms with Gasteiger partial charge in [0, 0.05) is 17.7 Å². The predicted octanol–water partition coefficient (Wildman–Crippen LogP) is 2.53. The van der Waals surface area contributed by atoms with Gasteiger partial charge in [0.25, 0.3) is 0 Å². The van der Waals surface area contributed by atoms with Crippen molar-refractivity contribution in [3.8, 4) is 11.5 Å². The summed E-state index contributed by atoms with van der Waals surface area (Å²) in [5.74, 6) is 2.30. The maximum absolute atomic E-state index is 8.83. The van der Waals surface area contributed by atoms with Crippen LogP contribution in [0.4, 0.5) is 0 Å². The molecule has 0 saturated carbocycles. The lowest BCUT2D eigenvalue weighted by Crippen LogP contribution is -2.25. The Kier molecular flexibility index (Phi) is 4.25. The molecule has 0 bridgehead atoms. The summed E-state index contributed by atoms with van der Waals surface area (Å²) < 4.78 is 11.8. The molecule has 1 N–H and O–H groups in total. The number of hydrogen-bond acceptors (Lipinski definition) is 4. The van der Waals surface area contributed by atoms with Gasteiger partial charge in [-0.15, -0.1) is 0 Å². The largest absolute Gasteiger partial charge is 0.493 e. The number of rotatable bonds is 3. The lowest BCUT2D eigenvalue weighted by Gasteiger charge is -2.30. The maximum Gasteiger partial charge on any atom is 0.134 e. The minimum atomic E-state index is -0.174. The molecule has 0 radical (unpaired) electrons. The molecular formula is C17H21NO3. The molecule has 0 aliphatic carbocycles. The summed E-state index contributed by atoms with van der Waals surface area (Å²) in [5, 5.41) is 8.83. The average molecular weight is 287 g/mol. The first-order valence-electron chi connectivity index (χ1n) is 7.50. The number of aliphatic hydroxyl groups excluding tert-OH is 1. The zero-order valence-electron chi connectivity index (χ0n) is 12.3. The van der Waals surface area contributed by atoms with Crippen LogP contribution in [0.5, 0.6) is 11.5 Å². The number of fused-ring (bicyclic) bond motifs is 3. The number of nitrogens with zero attached hydrogens (tertiary/aromatic N) is 1. The lowest BCUT2D eigenvalue weighted by atomic mass is 9.88. The van der Waals surface area contributed by atoms with Crippen LogP contribution in [-0.4, -0.2) is 31.3 Å². The van der Waals surface area contributed by atoms with Crippen LogP contribution < -0.4 is 9.47 Å². The molecule has 0 aromatic heterocycles. The third kappa shape index (κ3) is 2.81. The average Bonchev–Trinajstić information content (AvgIpc) is 2.55. The molecule has 1 atom stereocenters. The summed E-state index contributed by atoms with van der Waals surface area (Å²) >= 11 is 0. The first-order valence-corrected chi connectivity index (χ1v) is 7.50. The molecule has 4 heteroatoms. The Balaban J connectivity index is 1.85. The number of aliphatic hydroxyl groups is 1. The van der Waals surface area contributed by atoms with E-state index in [9.17, 15) is 0 Å². The van der Waals surface area contributed by atoms with Crippen LogP contribution in [0.1, 0.15) is 24.5 Å². The van der Waals surface area contributed by atoms with Gasteiger partial charge in [0.15, 0.2) is 0 Å². The molecule has 0 fully saturated rings. The second-order valence-corrected chi connectivity index (χ2v) is 5.44. The summed E-state index contributed by atoms with van der Waals surface area (Å²) in [7, 11) is 0. The van der Waals surface area contributed by atoms with Gasteiger partial charge in [-0.2, -0.15) is 0 Å². The Morgan fingerprint density at radius 3 is 3.14 bits per heavy atom. The highest BCUT2D eigenvalue weighted by atomic mass is 16.5. The summed E-state index contributed by atoms with van der Waals surface area (Å²) in [6, 6.07) is 4.18. The normalized spacial score (nSPS) is 21.4. The van der Waals surface area contributed by atoms with Crippen molar-refractivity contribution in [2.75, 3.05) is 19.9 Å². The third-order valence-corrected chi connectivity index (χ3v) is 4.15. The van der Waals surface area contributed by atoms with Crippen LogP contribution in [-0.2, 0) is 12.8 Å². The van der Waals surface area contributed by atoms with Crippen LogP contribution in [0.3, 0.4) is 0 Å². The molecule has 2 aliphatic heterocycles. The number of allylic oxidation sites excluding steroid dienone is 1. The van der Waals surface area contributed by atoms with Gasteiger partial charge in [-0.1, -0.05) is 12.1 Å². The fraction of sp³-hybridized carbons (Fsp3) is 0.471. The van der Waals surface area contributed by atoms with Crippen molar-refractivity contribution in [3.05, 3.63) is 34.9 Å². The standard InChI is InChI=1S/C17H21NO3/c1-2-12(9-18-11-19)14-8-13-5-6-16-15(4-3-7-20-16)17(13)21-10-14/h2,5-6,9,14,19H,3-4,7-8,10-11H2,1H3/b12-2+,18-9?. The van der Waals surface area contributed by atoms with E-state index in [-0.39, 0.29) is 6.73 Å². The Morgan fingerprint density at radius 1 is 1.43 bits per heavy atom. The summed E-state index contributed by atoms with van der Waals surface area (Å²) in [4.78, 5) is 3.93. The lowest BCUT2D eigenvalue weighted by molar-refractivity contribution is 0.232. The van der Waals surface area contributed by atoms with E-state index in [4.69, 9.17) is 14.6 Å². The van der Waals surface area contributed by atoms with E-state index in [2.05, 4.69) is 17.1 Å². The molecule has 1 unspecified atom stereocenters. The minimum Gasteiger partial charge on any atom is -0.493 e. The number of ether oxygens (including phenoxy) is 2. The van der Waals surface area contributed by atoms with Crippen LogP contribution in [0, 0.1) is 5.92 Å². The van der Waals surface area contributed by atoms with Crippen molar-refractivity contribution in [1.82, 2.24) is 0 Å². The van der Waals surface area contributed by atoms with Crippen LogP contribution in [0.25, 0.3) is 0 Å². The molecule has 4 nitrogen and oxygen atoms in total. The highest BCUT2D eigenvalue weighted by Gasteiger charge is 2.26. The SMILES string of the molecule is C/C=C(\C=NCO)C1COc2c(ccc3c2CCCO3)C1. The van der Waals surface area contributed by atoms with Crippen LogP contribution in [0.2, 0.25) is 0 Å². The molecule has 21 heavy (non-hydrogen) atoms. The van der Waals surface area contributed by atoms with E-state index in [1.165, 1.54) is 11.1 Å². The van der Waals surface area contributed by atoms with Gasteiger partial charge in [-0.3, -0.25) is 4.99 Å². The monoisotopic (exact) mass is 287 g/mol. The molecule has 2 heterocycles. The molecule has 112 valence electrons. The van der Waals surface area contributed by atoms with Crippen LogP contribution >= 0.6 is 0 Å². The number of hydrogen-bond donors (Lipinski definition) is 1. The topological polar surface area (TPSA) is 51.1 Å². The van der Waals surface area contributed by atoms with Gasteiger partial charge in [0.1, 0.15) is 18.2 Å². The molecule has 1 aromatic carbocycles. The van der Waals surface area contributed by atoms with Crippen molar-refractivity contribution in [2.24, 2.45) is 10.9 Å². The molecule has 3 rings (SSSR count). The van der Waals surface area contributed by atoms with E-state index in [0.29, 0.717) is 12.5 Å². The van der Waals surface area contributed by atoms with Gasteiger partial charge in [0.2, 0.25) is 0 Å². The first-order chi connectivity index (χ1) is 10.3. The Labute approximate surface area is 125 Å². The second-order valence-electron chi connectivity index (χ2n) is 5.44. The molecule has 0 spiro atoms. The maximum atomic E-state index is 8.83. The van der Waals surface area contributed by atoms with Crippen molar-refractivity contribution < 1.29 is 14.6 Å². The van der Waals surface area contributed by atoms with Crippen molar-refractivity contribution in [1.29, 1.82) is 0 Å². The Hall–Kier alpha value is -1.81. The van der Waals surface area contributed by atoms with Gasteiger partial charge >= 0.3 is 0 Å². The first kappa shape index (κ1) is 14.1. The zero-order chi connectivity index (χ0) is 14.7. The van der Waals surface area contributed by atoms with Gasteiger partial charge in [-0.25, -0.2) is 0 Å². The molecule has 0 saturated heterocycles. The Morgan fingerprint density at radius 2 is 2.33 bits per heavy atom. The second kappa shape index (κ2) is 6.31. The molecular weight excluding hydrogens is 266 g/mol. The predicted molar refractivity (Wildman–Crippen MR) is 82.3 cm³/mol. The minimum absolute atomic E-state index is 0.174. The Bertz CT molecular complexity index is 578. The van der Waals surface area contributed by atoms with Gasteiger partial charge in [0.05, 0.1) is 13.2 Å². The molecule has 1 aromatic rings.